The van der Waals surface area contributed by atoms with E-state index in [0.717, 1.165) is 46.2 Å². The average molecular weight is 536 g/mol. The van der Waals surface area contributed by atoms with E-state index < -0.39 is 12.0 Å². The molecule has 3 aromatic carbocycles. The molecule has 7 nitrogen and oxygen atoms in total. The van der Waals surface area contributed by atoms with Crippen molar-refractivity contribution in [3.63, 3.8) is 0 Å². The minimum absolute atomic E-state index is 0.156. The van der Waals surface area contributed by atoms with Crippen LogP contribution in [-0.4, -0.2) is 48.4 Å². The van der Waals surface area contributed by atoms with Gasteiger partial charge in [0.25, 0.3) is 0 Å². The molecule has 0 amide bonds. The summed E-state index contributed by atoms with van der Waals surface area (Å²) in [7, 11) is 0. The number of carboxylic acids is 1. The molecule has 1 aliphatic rings. The molecule has 0 bridgehead atoms. The molecular weight excluding hydrogens is 502 g/mol. The lowest BCUT2D eigenvalue weighted by molar-refractivity contribution is -0.150. The fraction of sp³-hybridized carbons (Fsp3) is 0.303. The van der Waals surface area contributed by atoms with Crippen molar-refractivity contribution < 1.29 is 19.4 Å². The maximum atomic E-state index is 11.8. The van der Waals surface area contributed by atoms with Gasteiger partial charge in [0.15, 0.2) is 0 Å². The molecule has 0 aliphatic carbocycles. The second-order valence-electron chi connectivity index (χ2n) is 9.76. The quantitative estimate of drug-likeness (QED) is 0.235. The van der Waals surface area contributed by atoms with Gasteiger partial charge in [-0.05, 0) is 48.1 Å². The molecule has 1 atom stereocenters. The molecule has 1 saturated heterocycles. The van der Waals surface area contributed by atoms with E-state index in [1.54, 1.807) is 0 Å². The summed E-state index contributed by atoms with van der Waals surface area (Å²) in [6.45, 7) is 4.06. The number of aliphatic carboxylic acids is 1. The van der Waals surface area contributed by atoms with E-state index in [9.17, 15) is 15.2 Å². The van der Waals surface area contributed by atoms with Crippen LogP contribution in [0.3, 0.4) is 0 Å². The van der Waals surface area contributed by atoms with Crippen LogP contribution in [0.2, 0.25) is 0 Å². The molecule has 1 fully saturated rings. The topological polar surface area (TPSA) is 107 Å². The summed E-state index contributed by atoms with van der Waals surface area (Å²) in [4.78, 5) is 13.7. The SMILES string of the molecule is Cc1cc(CN2CCOCC2C(=O)O)c(OCCCCC#N)cc1/C=C/c1cccc(-c2ccccc2)c1C#N. The van der Waals surface area contributed by atoms with Gasteiger partial charge in [0.1, 0.15) is 17.9 Å². The summed E-state index contributed by atoms with van der Waals surface area (Å²) < 4.78 is 11.6. The van der Waals surface area contributed by atoms with Crippen LogP contribution in [0, 0.1) is 29.6 Å². The maximum absolute atomic E-state index is 11.8. The van der Waals surface area contributed by atoms with Crippen LogP contribution in [-0.2, 0) is 16.1 Å². The molecule has 0 spiro atoms. The molecule has 1 heterocycles. The molecule has 1 N–H and O–H groups in total. The lowest BCUT2D eigenvalue weighted by Gasteiger charge is -2.33. The molecule has 1 aliphatic heterocycles. The number of nitrogens with zero attached hydrogens (tertiary/aromatic N) is 3. The number of morpholine rings is 1. The van der Waals surface area contributed by atoms with Gasteiger partial charge in [0.2, 0.25) is 0 Å². The molecule has 1 unspecified atom stereocenters. The lowest BCUT2D eigenvalue weighted by Crippen LogP contribution is -2.49. The number of aryl methyl sites for hydroxylation is 1. The molecule has 0 aromatic heterocycles. The lowest BCUT2D eigenvalue weighted by atomic mass is 9.95. The number of carbonyl (C=O) groups is 1. The highest BCUT2D eigenvalue weighted by Gasteiger charge is 2.30. The Morgan fingerprint density at radius 3 is 2.65 bits per heavy atom. The predicted octanol–water partition coefficient (Wildman–Crippen LogP) is 6.06. The number of hydrogen-bond acceptors (Lipinski definition) is 6. The Bertz CT molecular complexity index is 1440. The molecule has 4 rings (SSSR count). The van der Waals surface area contributed by atoms with E-state index in [1.807, 2.05) is 84.6 Å². The van der Waals surface area contributed by atoms with Crippen molar-refractivity contribution in [1.82, 2.24) is 4.90 Å². The van der Waals surface area contributed by atoms with Gasteiger partial charge in [-0.1, -0.05) is 66.7 Å². The molecule has 0 radical (unpaired) electrons. The minimum Gasteiger partial charge on any atom is -0.493 e. The van der Waals surface area contributed by atoms with Crippen molar-refractivity contribution in [3.8, 4) is 29.0 Å². The Kier molecular flexibility index (Phi) is 10.1. The van der Waals surface area contributed by atoms with Crippen LogP contribution >= 0.6 is 0 Å². The average Bonchev–Trinajstić information content (AvgIpc) is 2.97. The van der Waals surface area contributed by atoms with Crippen LogP contribution in [0.25, 0.3) is 23.3 Å². The van der Waals surface area contributed by atoms with Crippen molar-refractivity contribution in [3.05, 3.63) is 88.5 Å². The van der Waals surface area contributed by atoms with Crippen molar-refractivity contribution in [2.75, 3.05) is 26.4 Å². The molecular formula is C33H33N3O4. The van der Waals surface area contributed by atoms with Gasteiger partial charge in [-0.25, -0.2) is 0 Å². The van der Waals surface area contributed by atoms with Gasteiger partial charge in [-0.3, -0.25) is 9.69 Å². The van der Waals surface area contributed by atoms with Gasteiger partial charge >= 0.3 is 5.97 Å². The third kappa shape index (κ3) is 7.15. The number of carboxylic acid groups (broad SMARTS) is 1. The largest absolute Gasteiger partial charge is 0.493 e. The van der Waals surface area contributed by atoms with Crippen LogP contribution in [0.1, 0.15) is 47.1 Å². The zero-order valence-electron chi connectivity index (χ0n) is 22.7. The molecule has 3 aromatic rings. The van der Waals surface area contributed by atoms with Gasteiger partial charge in [-0.15, -0.1) is 0 Å². The standard InChI is InChI=1S/C33H33N3O4/c1-24-19-28(22-36-16-18-39-23-31(36)33(37)38)32(40-17-7-3-6-15-34)20-27(24)14-13-26-11-8-12-29(30(26)21-35)25-9-4-2-5-10-25/h2,4-5,8-14,19-20,31H,3,6-7,16-18,22-23H2,1H3,(H,37,38)/b14-13+. The van der Waals surface area contributed by atoms with E-state index in [2.05, 4.69) is 12.1 Å². The van der Waals surface area contributed by atoms with Crippen molar-refractivity contribution in [1.29, 1.82) is 10.5 Å². The fourth-order valence-electron chi connectivity index (χ4n) is 4.83. The molecule has 40 heavy (non-hydrogen) atoms. The van der Waals surface area contributed by atoms with Crippen LogP contribution < -0.4 is 4.74 Å². The van der Waals surface area contributed by atoms with Crippen LogP contribution in [0.5, 0.6) is 5.75 Å². The summed E-state index contributed by atoms with van der Waals surface area (Å²) in [5.74, 6) is -0.211. The van der Waals surface area contributed by atoms with Gasteiger partial charge < -0.3 is 14.6 Å². The normalized spacial score (nSPS) is 15.4. The van der Waals surface area contributed by atoms with E-state index in [1.165, 1.54) is 0 Å². The third-order valence-corrected chi connectivity index (χ3v) is 7.02. The summed E-state index contributed by atoms with van der Waals surface area (Å²) in [5, 5.41) is 28.5. The molecule has 7 heteroatoms. The first-order valence-electron chi connectivity index (χ1n) is 13.5. The Balaban J connectivity index is 1.64. The van der Waals surface area contributed by atoms with E-state index in [-0.39, 0.29) is 6.61 Å². The van der Waals surface area contributed by atoms with Crippen LogP contribution in [0.15, 0.2) is 60.7 Å². The minimum atomic E-state index is -0.902. The maximum Gasteiger partial charge on any atom is 0.323 e. The number of ether oxygens (including phenoxy) is 2. The highest BCUT2D eigenvalue weighted by atomic mass is 16.5. The van der Waals surface area contributed by atoms with E-state index in [0.29, 0.717) is 44.0 Å². The first-order chi connectivity index (χ1) is 19.5. The Morgan fingerprint density at radius 2 is 1.90 bits per heavy atom. The molecule has 0 saturated carbocycles. The monoisotopic (exact) mass is 535 g/mol. The molecule has 204 valence electrons. The summed E-state index contributed by atoms with van der Waals surface area (Å²) in [6, 6.07) is 23.6. The Hall–Kier alpha value is -4.43. The summed E-state index contributed by atoms with van der Waals surface area (Å²) >= 11 is 0. The zero-order valence-corrected chi connectivity index (χ0v) is 22.7. The summed E-state index contributed by atoms with van der Waals surface area (Å²) in [5.41, 5.74) is 6.18. The Labute approximate surface area is 235 Å². The van der Waals surface area contributed by atoms with Crippen molar-refractivity contribution in [2.45, 2.75) is 38.8 Å². The zero-order chi connectivity index (χ0) is 28.3. The summed E-state index contributed by atoms with van der Waals surface area (Å²) in [6.07, 6.45) is 5.92. The number of hydrogen-bond donors (Lipinski definition) is 1. The number of rotatable bonds is 11. The van der Waals surface area contributed by atoms with Crippen molar-refractivity contribution in [2.24, 2.45) is 0 Å². The van der Waals surface area contributed by atoms with Gasteiger partial charge in [0.05, 0.1) is 31.5 Å². The number of unbranched alkanes of at least 4 members (excludes halogenated alkanes) is 2. The van der Waals surface area contributed by atoms with E-state index >= 15 is 0 Å². The van der Waals surface area contributed by atoms with Crippen LogP contribution in [0.4, 0.5) is 0 Å². The van der Waals surface area contributed by atoms with E-state index in [4.69, 9.17) is 14.7 Å². The van der Waals surface area contributed by atoms with Gasteiger partial charge in [0, 0.05) is 30.6 Å². The first-order valence-corrected chi connectivity index (χ1v) is 13.5. The smallest absolute Gasteiger partial charge is 0.323 e. The fourth-order valence-corrected chi connectivity index (χ4v) is 4.83. The second kappa shape index (κ2) is 14.1. The second-order valence-corrected chi connectivity index (χ2v) is 9.76. The predicted molar refractivity (Wildman–Crippen MR) is 154 cm³/mol. The number of nitriles is 2. The highest BCUT2D eigenvalue weighted by molar-refractivity contribution is 5.81. The third-order valence-electron chi connectivity index (χ3n) is 7.02. The number of benzene rings is 3. The first kappa shape index (κ1) is 28.6. The highest BCUT2D eigenvalue weighted by Crippen LogP contribution is 2.30. The van der Waals surface area contributed by atoms with Crippen molar-refractivity contribution >= 4 is 18.1 Å². The Morgan fingerprint density at radius 1 is 1.10 bits per heavy atom. The van der Waals surface area contributed by atoms with Gasteiger partial charge in [-0.2, -0.15) is 10.5 Å².